The largest absolute Gasteiger partial charge is 0.333 e. The molecular weight excluding hydrogens is 174 g/mol. The van der Waals surface area contributed by atoms with Gasteiger partial charge in [0.15, 0.2) is 0 Å². The molecule has 0 aliphatic heterocycles. The molecule has 1 aliphatic carbocycles. The summed E-state index contributed by atoms with van der Waals surface area (Å²) in [4.78, 5) is 4.12. The van der Waals surface area contributed by atoms with Crippen LogP contribution in [0.3, 0.4) is 0 Å². The highest BCUT2D eigenvalue weighted by Crippen LogP contribution is 2.30. The third-order valence-electron chi connectivity index (χ3n) is 2.93. The Morgan fingerprint density at radius 3 is 2.93 bits per heavy atom. The minimum absolute atomic E-state index is 0.573. The zero-order chi connectivity index (χ0) is 9.97. The first-order chi connectivity index (χ1) is 6.77. The average Bonchev–Trinajstić information content (AvgIpc) is 2.70. The fraction of sp³-hybridized carbons (Fsp3) is 0.727. The van der Waals surface area contributed by atoms with Crippen molar-refractivity contribution in [3.63, 3.8) is 0 Å². The van der Waals surface area contributed by atoms with Crippen molar-refractivity contribution in [2.75, 3.05) is 0 Å². The van der Waals surface area contributed by atoms with Gasteiger partial charge in [0.25, 0.3) is 0 Å². The monoisotopic (exact) mass is 193 g/mol. The lowest BCUT2D eigenvalue weighted by atomic mass is 10.1. The minimum atomic E-state index is 0.573. The molecule has 0 bridgehead atoms. The highest BCUT2D eigenvalue weighted by Gasteiger charge is 2.28. The van der Waals surface area contributed by atoms with Crippen molar-refractivity contribution < 1.29 is 0 Å². The summed E-state index contributed by atoms with van der Waals surface area (Å²) in [6.45, 7) is 4.42. The standard InChI is InChI=1S/C11H19N3/c1-9(2)13-10-4-3-5-11(10)14-7-6-12-8-14/h6-11,13H,3-5H2,1-2H3. The van der Waals surface area contributed by atoms with Gasteiger partial charge in [-0.1, -0.05) is 13.8 Å². The summed E-state index contributed by atoms with van der Waals surface area (Å²) >= 11 is 0. The summed E-state index contributed by atoms with van der Waals surface area (Å²) in [5, 5.41) is 3.63. The Hall–Kier alpha value is -0.830. The maximum atomic E-state index is 4.12. The highest BCUT2D eigenvalue weighted by molar-refractivity contribution is 4.92. The second kappa shape index (κ2) is 4.13. The first kappa shape index (κ1) is 9.71. The molecule has 2 rings (SSSR count). The van der Waals surface area contributed by atoms with Crippen molar-refractivity contribution in [2.45, 2.75) is 51.2 Å². The van der Waals surface area contributed by atoms with Crippen LogP contribution < -0.4 is 5.32 Å². The first-order valence-electron chi connectivity index (χ1n) is 5.51. The van der Waals surface area contributed by atoms with Crippen LogP contribution in [-0.4, -0.2) is 21.6 Å². The molecule has 1 fully saturated rings. The quantitative estimate of drug-likeness (QED) is 0.795. The Morgan fingerprint density at radius 2 is 2.29 bits per heavy atom. The predicted octanol–water partition coefficient (Wildman–Crippen LogP) is 1.97. The molecule has 3 heteroatoms. The maximum absolute atomic E-state index is 4.12. The van der Waals surface area contributed by atoms with E-state index in [-0.39, 0.29) is 0 Å². The first-order valence-corrected chi connectivity index (χ1v) is 5.51. The summed E-state index contributed by atoms with van der Waals surface area (Å²) in [5.74, 6) is 0. The fourth-order valence-corrected chi connectivity index (χ4v) is 2.39. The molecule has 0 spiro atoms. The van der Waals surface area contributed by atoms with Crippen molar-refractivity contribution >= 4 is 0 Å². The van der Waals surface area contributed by atoms with E-state index >= 15 is 0 Å². The van der Waals surface area contributed by atoms with Gasteiger partial charge in [0.2, 0.25) is 0 Å². The van der Waals surface area contributed by atoms with Crippen LogP contribution in [0.15, 0.2) is 18.7 Å². The lowest BCUT2D eigenvalue weighted by molar-refractivity contribution is 0.368. The van der Waals surface area contributed by atoms with Crippen molar-refractivity contribution in [3.8, 4) is 0 Å². The van der Waals surface area contributed by atoms with E-state index in [1.807, 2.05) is 12.5 Å². The molecule has 1 N–H and O–H groups in total. The van der Waals surface area contributed by atoms with Crippen LogP contribution in [-0.2, 0) is 0 Å². The van der Waals surface area contributed by atoms with Crippen molar-refractivity contribution in [1.29, 1.82) is 0 Å². The molecule has 0 amide bonds. The predicted molar refractivity (Wildman–Crippen MR) is 57.2 cm³/mol. The van der Waals surface area contributed by atoms with Crippen LogP contribution in [0.2, 0.25) is 0 Å². The number of aromatic nitrogens is 2. The Morgan fingerprint density at radius 1 is 1.43 bits per heavy atom. The van der Waals surface area contributed by atoms with E-state index in [1.54, 1.807) is 0 Å². The molecule has 1 saturated carbocycles. The van der Waals surface area contributed by atoms with E-state index in [0.29, 0.717) is 18.1 Å². The van der Waals surface area contributed by atoms with Crippen molar-refractivity contribution in [3.05, 3.63) is 18.7 Å². The topological polar surface area (TPSA) is 29.9 Å². The summed E-state index contributed by atoms with van der Waals surface area (Å²) in [5.41, 5.74) is 0. The van der Waals surface area contributed by atoms with E-state index in [1.165, 1.54) is 19.3 Å². The molecule has 78 valence electrons. The van der Waals surface area contributed by atoms with Gasteiger partial charge in [0, 0.05) is 30.5 Å². The van der Waals surface area contributed by atoms with Gasteiger partial charge in [-0.3, -0.25) is 0 Å². The van der Waals surface area contributed by atoms with Crippen molar-refractivity contribution in [1.82, 2.24) is 14.9 Å². The number of nitrogens with one attached hydrogen (secondary N) is 1. The molecule has 14 heavy (non-hydrogen) atoms. The molecule has 0 saturated heterocycles. The molecule has 1 aliphatic rings. The number of nitrogens with zero attached hydrogens (tertiary/aromatic N) is 2. The van der Waals surface area contributed by atoms with E-state index < -0.39 is 0 Å². The molecule has 3 nitrogen and oxygen atoms in total. The molecule has 0 radical (unpaired) electrons. The molecule has 1 aromatic rings. The van der Waals surface area contributed by atoms with E-state index in [9.17, 15) is 0 Å². The fourth-order valence-electron chi connectivity index (χ4n) is 2.39. The van der Waals surface area contributed by atoms with Gasteiger partial charge in [0.05, 0.1) is 6.33 Å². The Balaban J connectivity index is 2.04. The highest BCUT2D eigenvalue weighted by atomic mass is 15.1. The van der Waals surface area contributed by atoms with E-state index in [0.717, 1.165) is 0 Å². The van der Waals surface area contributed by atoms with Crippen LogP contribution in [0.1, 0.15) is 39.2 Å². The number of imidazole rings is 1. The van der Waals surface area contributed by atoms with Gasteiger partial charge in [-0.25, -0.2) is 4.98 Å². The summed E-state index contributed by atoms with van der Waals surface area (Å²) in [6.07, 6.45) is 9.77. The smallest absolute Gasteiger partial charge is 0.0949 e. The van der Waals surface area contributed by atoms with E-state index in [4.69, 9.17) is 0 Å². The lowest BCUT2D eigenvalue weighted by Crippen LogP contribution is -2.38. The summed E-state index contributed by atoms with van der Waals surface area (Å²) in [6, 6.07) is 1.81. The van der Waals surface area contributed by atoms with E-state index in [2.05, 4.69) is 34.9 Å². The van der Waals surface area contributed by atoms with Crippen LogP contribution >= 0.6 is 0 Å². The average molecular weight is 193 g/mol. The van der Waals surface area contributed by atoms with Gasteiger partial charge in [-0.2, -0.15) is 0 Å². The van der Waals surface area contributed by atoms with Crippen LogP contribution in [0.5, 0.6) is 0 Å². The van der Waals surface area contributed by atoms with Crippen molar-refractivity contribution in [2.24, 2.45) is 0 Å². The molecule has 0 aromatic carbocycles. The number of hydrogen-bond donors (Lipinski definition) is 1. The molecule has 1 heterocycles. The normalized spacial score (nSPS) is 27.4. The Labute approximate surface area is 85.5 Å². The van der Waals surface area contributed by atoms with Gasteiger partial charge in [-0.05, 0) is 19.3 Å². The zero-order valence-electron chi connectivity index (χ0n) is 8.98. The second-order valence-electron chi connectivity index (χ2n) is 4.44. The van der Waals surface area contributed by atoms with Crippen LogP contribution in [0.25, 0.3) is 0 Å². The Kier molecular flexibility index (Phi) is 2.87. The minimum Gasteiger partial charge on any atom is -0.333 e. The van der Waals surface area contributed by atoms with Crippen LogP contribution in [0.4, 0.5) is 0 Å². The third kappa shape index (κ3) is 1.98. The van der Waals surface area contributed by atoms with Gasteiger partial charge >= 0.3 is 0 Å². The maximum Gasteiger partial charge on any atom is 0.0949 e. The summed E-state index contributed by atoms with van der Waals surface area (Å²) in [7, 11) is 0. The SMILES string of the molecule is CC(C)NC1CCCC1n1ccnc1. The zero-order valence-corrected chi connectivity index (χ0v) is 8.98. The van der Waals surface area contributed by atoms with Gasteiger partial charge < -0.3 is 9.88 Å². The second-order valence-corrected chi connectivity index (χ2v) is 4.44. The Bertz CT molecular complexity index is 266. The lowest BCUT2D eigenvalue weighted by Gasteiger charge is -2.24. The molecular formula is C11H19N3. The summed E-state index contributed by atoms with van der Waals surface area (Å²) < 4.78 is 2.24. The molecule has 2 atom stereocenters. The molecule has 1 aromatic heterocycles. The molecule has 2 unspecified atom stereocenters. The van der Waals surface area contributed by atoms with Gasteiger partial charge in [0.1, 0.15) is 0 Å². The third-order valence-corrected chi connectivity index (χ3v) is 2.93. The number of rotatable bonds is 3. The van der Waals surface area contributed by atoms with Gasteiger partial charge in [-0.15, -0.1) is 0 Å². The van der Waals surface area contributed by atoms with Crippen LogP contribution in [0, 0.1) is 0 Å². The number of hydrogen-bond acceptors (Lipinski definition) is 2.